The van der Waals surface area contributed by atoms with Crippen molar-refractivity contribution in [1.82, 2.24) is 4.98 Å². The van der Waals surface area contributed by atoms with E-state index in [-0.39, 0.29) is 11.9 Å². The van der Waals surface area contributed by atoms with E-state index >= 15 is 0 Å². The Labute approximate surface area is 111 Å². The third-order valence-electron chi connectivity index (χ3n) is 2.65. The molecule has 5 heteroatoms. The fraction of sp³-hybridized carbons (Fsp3) is 0.308. The molecular formula is C13H15NO3S. The van der Waals surface area contributed by atoms with Gasteiger partial charge in [-0.05, 0) is 32.0 Å². The van der Waals surface area contributed by atoms with Crippen molar-refractivity contribution in [2.75, 3.05) is 12.5 Å². The molecule has 1 N–H and O–H groups in total. The van der Waals surface area contributed by atoms with Gasteiger partial charge in [-0.3, -0.25) is 0 Å². The third-order valence-corrected chi connectivity index (χ3v) is 2.78. The Morgan fingerprint density at radius 2 is 2.22 bits per heavy atom. The van der Waals surface area contributed by atoms with Gasteiger partial charge in [-0.15, -0.1) is 12.6 Å². The fourth-order valence-corrected chi connectivity index (χ4v) is 2.02. The van der Waals surface area contributed by atoms with Crippen LogP contribution in [-0.4, -0.2) is 23.5 Å². The standard InChI is InChI=1S/C13H15NO3S/c1-3-16-13(15)9-4-5-11-10(6-9)12(17-7-18)8(2)14-11/h4-6,14,18H,3,7H2,1-2H3. The van der Waals surface area contributed by atoms with E-state index in [9.17, 15) is 4.79 Å². The highest BCUT2D eigenvalue weighted by molar-refractivity contribution is 7.80. The van der Waals surface area contributed by atoms with Crippen LogP contribution in [-0.2, 0) is 4.74 Å². The Bertz CT molecular complexity index is 577. The molecule has 18 heavy (non-hydrogen) atoms. The molecule has 0 amide bonds. The van der Waals surface area contributed by atoms with Crippen LogP contribution in [0.2, 0.25) is 0 Å². The van der Waals surface area contributed by atoms with Crippen LogP contribution in [0.4, 0.5) is 0 Å². The molecule has 0 saturated heterocycles. The summed E-state index contributed by atoms with van der Waals surface area (Å²) in [4.78, 5) is 14.9. The van der Waals surface area contributed by atoms with Crippen LogP contribution >= 0.6 is 12.6 Å². The first-order chi connectivity index (χ1) is 8.67. The van der Waals surface area contributed by atoms with Gasteiger partial charge in [-0.2, -0.15) is 0 Å². The van der Waals surface area contributed by atoms with Crippen molar-refractivity contribution in [3.8, 4) is 5.75 Å². The monoisotopic (exact) mass is 265 g/mol. The molecule has 0 unspecified atom stereocenters. The quantitative estimate of drug-likeness (QED) is 0.507. The van der Waals surface area contributed by atoms with Gasteiger partial charge < -0.3 is 14.5 Å². The number of thiol groups is 1. The molecule has 2 aromatic rings. The minimum absolute atomic E-state index is 0.289. The Morgan fingerprint density at radius 3 is 2.89 bits per heavy atom. The van der Waals surface area contributed by atoms with Gasteiger partial charge in [0.05, 0.1) is 17.9 Å². The normalized spacial score (nSPS) is 10.6. The molecule has 0 bridgehead atoms. The number of aromatic amines is 1. The van der Waals surface area contributed by atoms with Crippen molar-refractivity contribution in [2.45, 2.75) is 13.8 Å². The maximum Gasteiger partial charge on any atom is 0.338 e. The lowest BCUT2D eigenvalue weighted by Crippen LogP contribution is -2.04. The molecule has 0 aliphatic carbocycles. The number of rotatable bonds is 4. The number of aromatic nitrogens is 1. The molecular weight excluding hydrogens is 250 g/mol. The Hall–Kier alpha value is -1.62. The van der Waals surface area contributed by atoms with Crippen molar-refractivity contribution < 1.29 is 14.3 Å². The molecule has 0 atom stereocenters. The van der Waals surface area contributed by atoms with Crippen LogP contribution in [0.15, 0.2) is 18.2 Å². The van der Waals surface area contributed by atoms with Crippen LogP contribution < -0.4 is 4.74 Å². The van der Waals surface area contributed by atoms with E-state index in [0.29, 0.717) is 12.2 Å². The summed E-state index contributed by atoms with van der Waals surface area (Å²) in [5, 5.41) is 0.868. The van der Waals surface area contributed by atoms with E-state index in [1.165, 1.54) is 0 Å². The van der Waals surface area contributed by atoms with E-state index in [1.54, 1.807) is 19.1 Å². The zero-order valence-corrected chi connectivity index (χ0v) is 11.2. The highest BCUT2D eigenvalue weighted by Crippen LogP contribution is 2.30. The molecule has 0 fully saturated rings. The topological polar surface area (TPSA) is 51.3 Å². The molecule has 4 nitrogen and oxygen atoms in total. The first kappa shape index (κ1) is 12.8. The van der Waals surface area contributed by atoms with E-state index in [2.05, 4.69) is 17.6 Å². The molecule has 0 radical (unpaired) electrons. The van der Waals surface area contributed by atoms with Gasteiger partial charge in [0, 0.05) is 10.9 Å². The zero-order chi connectivity index (χ0) is 13.1. The average Bonchev–Trinajstić information content (AvgIpc) is 2.66. The lowest BCUT2D eigenvalue weighted by molar-refractivity contribution is 0.0526. The summed E-state index contributed by atoms with van der Waals surface area (Å²) >= 11 is 4.05. The van der Waals surface area contributed by atoms with Gasteiger partial charge in [-0.25, -0.2) is 4.79 Å². The number of nitrogens with one attached hydrogen (secondary N) is 1. The molecule has 0 spiro atoms. The highest BCUT2D eigenvalue weighted by atomic mass is 32.1. The van der Waals surface area contributed by atoms with E-state index in [1.807, 2.05) is 13.0 Å². The van der Waals surface area contributed by atoms with Crippen molar-refractivity contribution >= 4 is 29.5 Å². The number of hydrogen-bond donors (Lipinski definition) is 2. The van der Waals surface area contributed by atoms with Crippen LogP contribution in [0, 0.1) is 6.92 Å². The number of ether oxygens (including phenoxy) is 2. The van der Waals surface area contributed by atoms with Crippen LogP contribution in [0.1, 0.15) is 23.0 Å². The van der Waals surface area contributed by atoms with Gasteiger partial charge in [-0.1, -0.05) is 0 Å². The van der Waals surface area contributed by atoms with Gasteiger partial charge in [0.1, 0.15) is 11.7 Å². The molecule has 96 valence electrons. The van der Waals surface area contributed by atoms with Crippen LogP contribution in [0.3, 0.4) is 0 Å². The second-order valence-electron chi connectivity index (χ2n) is 3.83. The fourth-order valence-electron chi connectivity index (χ4n) is 1.89. The largest absolute Gasteiger partial charge is 0.481 e. The smallest absolute Gasteiger partial charge is 0.338 e. The molecule has 0 saturated carbocycles. The number of H-pyrrole nitrogens is 1. The summed E-state index contributed by atoms with van der Waals surface area (Å²) in [6.07, 6.45) is 0. The van der Waals surface area contributed by atoms with Gasteiger partial charge in [0.25, 0.3) is 0 Å². The zero-order valence-electron chi connectivity index (χ0n) is 10.3. The summed E-state index contributed by atoms with van der Waals surface area (Å²) in [6, 6.07) is 5.36. The maximum absolute atomic E-state index is 11.7. The summed E-state index contributed by atoms with van der Waals surface area (Å²) < 4.78 is 10.4. The second kappa shape index (κ2) is 5.35. The van der Waals surface area contributed by atoms with Crippen molar-refractivity contribution in [1.29, 1.82) is 0 Å². The Kier molecular flexibility index (Phi) is 3.81. The molecule has 1 aromatic heterocycles. The number of carbonyl (C=O) groups excluding carboxylic acids is 1. The van der Waals surface area contributed by atoms with E-state index in [0.717, 1.165) is 22.3 Å². The molecule has 1 aromatic carbocycles. The Balaban J connectivity index is 2.48. The lowest BCUT2D eigenvalue weighted by Gasteiger charge is -2.04. The number of carbonyl (C=O) groups is 1. The number of aryl methyl sites for hydroxylation is 1. The van der Waals surface area contributed by atoms with Gasteiger partial charge >= 0.3 is 5.97 Å². The minimum atomic E-state index is -0.324. The molecule has 1 heterocycles. The number of benzene rings is 1. The van der Waals surface area contributed by atoms with E-state index in [4.69, 9.17) is 9.47 Å². The summed E-state index contributed by atoms with van der Waals surface area (Å²) in [5.41, 5.74) is 2.37. The SMILES string of the molecule is CCOC(=O)c1ccc2[nH]c(C)c(OCS)c2c1. The number of esters is 1. The predicted molar refractivity (Wildman–Crippen MR) is 73.5 cm³/mol. The molecule has 2 rings (SSSR count). The summed E-state index contributed by atoms with van der Waals surface area (Å²) in [6.45, 7) is 4.07. The highest BCUT2D eigenvalue weighted by Gasteiger charge is 2.13. The van der Waals surface area contributed by atoms with Crippen LogP contribution in [0.25, 0.3) is 10.9 Å². The second-order valence-corrected chi connectivity index (χ2v) is 4.09. The summed E-state index contributed by atoms with van der Waals surface area (Å²) in [7, 11) is 0. The van der Waals surface area contributed by atoms with E-state index < -0.39 is 0 Å². The van der Waals surface area contributed by atoms with Crippen molar-refractivity contribution in [3.63, 3.8) is 0 Å². The minimum Gasteiger partial charge on any atom is -0.481 e. The average molecular weight is 265 g/mol. The third kappa shape index (κ3) is 2.31. The lowest BCUT2D eigenvalue weighted by atomic mass is 10.1. The molecule has 0 aliphatic rings. The number of fused-ring (bicyclic) bond motifs is 1. The Morgan fingerprint density at radius 1 is 1.44 bits per heavy atom. The molecule has 0 aliphatic heterocycles. The first-order valence-electron chi connectivity index (χ1n) is 5.70. The van der Waals surface area contributed by atoms with Gasteiger partial charge in [0.15, 0.2) is 0 Å². The van der Waals surface area contributed by atoms with Gasteiger partial charge in [0.2, 0.25) is 0 Å². The predicted octanol–water partition coefficient (Wildman–Crippen LogP) is 2.92. The number of hydrogen-bond acceptors (Lipinski definition) is 4. The summed E-state index contributed by atoms with van der Waals surface area (Å²) in [5.74, 6) is 0.693. The first-order valence-corrected chi connectivity index (χ1v) is 6.33. The maximum atomic E-state index is 11.7. The van der Waals surface area contributed by atoms with Crippen molar-refractivity contribution in [2.24, 2.45) is 0 Å². The van der Waals surface area contributed by atoms with Crippen LogP contribution in [0.5, 0.6) is 5.75 Å². The van der Waals surface area contributed by atoms with Crippen molar-refractivity contribution in [3.05, 3.63) is 29.5 Å².